The molecule has 1 fully saturated rings. The van der Waals surface area contributed by atoms with E-state index in [-0.39, 0.29) is 23.0 Å². The molecule has 4 rings (SSSR count). The van der Waals surface area contributed by atoms with Gasteiger partial charge in [-0.05, 0) is 43.2 Å². The van der Waals surface area contributed by atoms with Gasteiger partial charge in [0.25, 0.3) is 5.69 Å². The van der Waals surface area contributed by atoms with Crippen LogP contribution in [0.15, 0.2) is 53.6 Å². The van der Waals surface area contributed by atoms with Gasteiger partial charge in [-0.25, -0.2) is 8.42 Å². The van der Waals surface area contributed by atoms with Gasteiger partial charge in [0.15, 0.2) is 0 Å². The second-order valence-corrected chi connectivity index (χ2v) is 8.92. The van der Waals surface area contributed by atoms with Crippen molar-refractivity contribution < 1.29 is 18.1 Å². The number of nitro benzene ring substituents is 1. The fraction of sp³-hybridized carbons (Fsp3) is 0.263. The molecule has 0 aliphatic carbocycles. The first kappa shape index (κ1) is 20.0. The number of nitrogens with one attached hydrogen (secondary N) is 1. The summed E-state index contributed by atoms with van der Waals surface area (Å²) in [7, 11) is -3.51. The molecule has 11 heteroatoms. The fourth-order valence-corrected chi connectivity index (χ4v) is 4.94. The lowest BCUT2D eigenvalue weighted by Gasteiger charge is -2.15. The van der Waals surface area contributed by atoms with Gasteiger partial charge in [-0.3, -0.25) is 19.6 Å². The molecule has 2 aromatic carbocycles. The molecule has 1 aliphatic heterocycles. The molecule has 10 nitrogen and oxygen atoms in total. The van der Waals surface area contributed by atoms with Crippen molar-refractivity contribution in [2.24, 2.45) is 0 Å². The molecule has 0 atom stereocenters. The quantitative estimate of drug-likeness (QED) is 0.473. The standard InChI is InChI=1S/C19H19N5O5S/c25-19(13-23-18-11-16(24(26)27)6-3-14(18)12-20-23)21-15-4-7-17(8-5-15)30(28,29)22-9-1-2-10-22/h3-8,11-12H,1-2,9-10,13H2,(H,21,25). The van der Waals surface area contributed by atoms with Gasteiger partial charge in [-0.1, -0.05) is 0 Å². The van der Waals surface area contributed by atoms with E-state index in [0.717, 1.165) is 12.8 Å². The predicted octanol–water partition coefficient (Wildman–Crippen LogP) is 2.37. The van der Waals surface area contributed by atoms with Crippen LogP contribution >= 0.6 is 0 Å². The molecule has 30 heavy (non-hydrogen) atoms. The van der Waals surface area contributed by atoms with Crippen molar-refractivity contribution in [3.8, 4) is 0 Å². The molecule has 0 bridgehead atoms. The Kier molecular flexibility index (Phi) is 5.22. The molecule has 1 aromatic heterocycles. The van der Waals surface area contributed by atoms with Crippen molar-refractivity contribution in [2.75, 3.05) is 18.4 Å². The first-order valence-corrected chi connectivity index (χ1v) is 10.8. The molecule has 1 amide bonds. The summed E-state index contributed by atoms with van der Waals surface area (Å²) in [5, 5.41) is 18.5. The van der Waals surface area contributed by atoms with Crippen molar-refractivity contribution in [3.05, 3.63) is 58.8 Å². The summed E-state index contributed by atoms with van der Waals surface area (Å²) in [4.78, 5) is 23.1. The predicted molar refractivity (Wildman–Crippen MR) is 109 cm³/mol. The van der Waals surface area contributed by atoms with Gasteiger partial charge in [0.2, 0.25) is 15.9 Å². The van der Waals surface area contributed by atoms with Crippen molar-refractivity contribution in [2.45, 2.75) is 24.3 Å². The van der Waals surface area contributed by atoms with Crippen molar-refractivity contribution in [1.29, 1.82) is 0 Å². The van der Waals surface area contributed by atoms with Crippen LogP contribution in [0.3, 0.4) is 0 Å². The van der Waals surface area contributed by atoms with E-state index in [1.807, 2.05) is 0 Å². The van der Waals surface area contributed by atoms with Crippen molar-refractivity contribution in [3.63, 3.8) is 0 Å². The number of sulfonamides is 1. The number of nitrogens with zero attached hydrogens (tertiary/aromatic N) is 4. The second kappa shape index (κ2) is 7.84. The number of nitro groups is 1. The van der Waals surface area contributed by atoms with Crippen molar-refractivity contribution in [1.82, 2.24) is 14.1 Å². The zero-order valence-electron chi connectivity index (χ0n) is 15.9. The van der Waals surface area contributed by atoms with Gasteiger partial charge < -0.3 is 5.32 Å². The smallest absolute Gasteiger partial charge is 0.271 e. The molecule has 0 unspecified atom stereocenters. The number of fused-ring (bicyclic) bond motifs is 1. The van der Waals surface area contributed by atoms with Gasteiger partial charge >= 0.3 is 0 Å². The normalized spacial score (nSPS) is 14.8. The minimum atomic E-state index is -3.51. The Morgan fingerprint density at radius 3 is 2.50 bits per heavy atom. The molecule has 1 N–H and O–H groups in total. The zero-order valence-corrected chi connectivity index (χ0v) is 16.7. The lowest BCUT2D eigenvalue weighted by Crippen LogP contribution is -2.27. The van der Waals surface area contributed by atoms with Crippen LogP contribution in [-0.2, 0) is 21.4 Å². The third-order valence-corrected chi connectivity index (χ3v) is 6.89. The number of hydrogen-bond acceptors (Lipinski definition) is 6. The monoisotopic (exact) mass is 429 g/mol. The van der Waals surface area contributed by atoms with E-state index in [2.05, 4.69) is 10.4 Å². The third kappa shape index (κ3) is 3.89. The highest BCUT2D eigenvalue weighted by Gasteiger charge is 2.27. The van der Waals surface area contributed by atoms with Gasteiger partial charge in [0.05, 0.1) is 21.5 Å². The average Bonchev–Trinajstić information content (AvgIpc) is 3.39. The number of benzene rings is 2. The van der Waals surface area contributed by atoms with E-state index < -0.39 is 14.9 Å². The summed E-state index contributed by atoms with van der Waals surface area (Å²) in [6.07, 6.45) is 3.25. The van der Waals surface area contributed by atoms with Crippen molar-refractivity contribution >= 4 is 38.2 Å². The van der Waals surface area contributed by atoms with E-state index in [4.69, 9.17) is 0 Å². The molecular weight excluding hydrogens is 410 g/mol. The minimum absolute atomic E-state index is 0.0838. The number of amides is 1. The summed E-state index contributed by atoms with van der Waals surface area (Å²) < 4.78 is 28.0. The number of rotatable bonds is 6. The Balaban J connectivity index is 1.46. The van der Waals surface area contributed by atoms with Gasteiger partial charge in [-0.15, -0.1) is 0 Å². The molecule has 2 heterocycles. The lowest BCUT2D eigenvalue weighted by atomic mass is 10.2. The summed E-state index contributed by atoms with van der Waals surface area (Å²) >= 11 is 0. The number of carbonyl (C=O) groups excluding carboxylic acids is 1. The maximum absolute atomic E-state index is 12.6. The van der Waals surface area contributed by atoms with Crippen LogP contribution in [0.2, 0.25) is 0 Å². The summed E-state index contributed by atoms with van der Waals surface area (Å²) in [6.45, 7) is 0.909. The second-order valence-electron chi connectivity index (χ2n) is 6.99. The zero-order chi connectivity index (χ0) is 21.3. The van der Waals surface area contributed by atoms with E-state index in [0.29, 0.717) is 29.7 Å². The Labute approximate surface area is 172 Å². The van der Waals surface area contributed by atoms with E-state index in [9.17, 15) is 23.3 Å². The van der Waals surface area contributed by atoms with Crippen LogP contribution in [-0.4, -0.2) is 46.4 Å². The lowest BCUT2D eigenvalue weighted by molar-refractivity contribution is -0.384. The Bertz CT molecular complexity index is 1210. The number of anilines is 1. The molecule has 3 aromatic rings. The maximum atomic E-state index is 12.6. The van der Waals surface area contributed by atoms with Gasteiger partial charge in [0.1, 0.15) is 6.54 Å². The maximum Gasteiger partial charge on any atom is 0.271 e. The summed E-state index contributed by atoms with van der Waals surface area (Å²) in [5.74, 6) is -0.387. The highest BCUT2D eigenvalue weighted by Crippen LogP contribution is 2.23. The number of hydrogen-bond donors (Lipinski definition) is 1. The van der Waals surface area contributed by atoms with Crippen LogP contribution < -0.4 is 5.32 Å². The Hall–Kier alpha value is -3.31. The topological polar surface area (TPSA) is 127 Å². The molecule has 1 saturated heterocycles. The molecule has 1 aliphatic rings. The summed E-state index contributed by atoms with van der Waals surface area (Å²) in [6, 6.07) is 10.3. The third-order valence-electron chi connectivity index (χ3n) is 4.97. The molecule has 0 spiro atoms. The number of aromatic nitrogens is 2. The van der Waals surface area contributed by atoms with Crippen LogP contribution in [0.5, 0.6) is 0 Å². The minimum Gasteiger partial charge on any atom is -0.324 e. The number of carbonyl (C=O) groups is 1. The molecular formula is C19H19N5O5S. The Morgan fingerprint density at radius 1 is 1.13 bits per heavy atom. The van der Waals surface area contributed by atoms with E-state index in [1.54, 1.807) is 6.07 Å². The summed E-state index contributed by atoms with van der Waals surface area (Å²) in [5.41, 5.74) is 0.841. The first-order valence-electron chi connectivity index (χ1n) is 9.35. The van der Waals surface area contributed by atoms with Crippen LogP contribution in [0, 0.1) is 10.1 Å². The van der Waals surface area contributed by atoms with Gasteiger partial charge in [0, 0.05) is 36.3 Å². The average molecular weight is 429 g/mol. The SMILES string of the molecule is O=C(Cn1ncc2ccc([N+](=O)[O-])cc21)Nc1ccc(S(=O)(=O)N2CCCC2)cc1. The molecule has 0 radical (unpaired) electrons. The highest BCUT2D eigenvalue weighted by atomic mass is 32.2. The van der Waals surface area contributed by atoms with Gasteiger partial charge in [-0.2, -0.15) is 9.40 Å². The Morgan fingerprint density at radius 2 is 1.83 bits per heavy atom. The van der Waals surface area contributed by atoms with Crippen LogP contribution in [0.25, 0.3) is 10.9 Å². The fourth-order valence-electron chi connectivity index (χ4n) is 3.42. The van der Waals surface area contributed by atoms with E-state index in [1.165, 1.54) is 51.6 Å². The number of non-ortho nitro benzene ring substituents is 1. The van der Waals surface area contributed by atoms with E-state index >= 15 is 0 Å². The molecule has 156 valence electrons. The largest absolute Gasteiger partial charge is 0.324 e. The first-order chi connectivity index (χ1) is 14.3. The molecule has 0 saturated carbocycles. The van der Waals surface area contributed by atoms with Crippen LogP contribution in [0.1, 0.15) is 12.8 Å². The van der Waals surface area contributed by atoms with Crippen LogP contribution in [0.4, 0.5) is 11.4 Å². The highest BCUT2D eigenvalue weighted by molar-refractivity contribution is 7.89.